The van der Waals surface area contributed by atoms with Crippen LogP contribution in [-0.2, 0) is 48.0 Å². The summed E-state index contributed by atoms with van der Waals surface area (Å²) in [7, 11) is 3.37. The van der Waals surface area contributed by atoms with Gasteiger partial charge in [-0.15, -0.1) is 11.3 Å². The molecule has 4 aromatic rings. The van der Waals surface area contributed by atoms with Crippen LogP contribution in [0.3, 0.4) is 0 Å². The second-order valence-electron chi connectivity index (χ2n) is 17.0. The first-order chi connectivity index (χ1) is 26.4. The van der Waals surface area contributed by atoms with Gasteiger partial charge in [-0.2, -0.15) is 0 Å². The van der Waals surface area contributed by atoms with Crippen LogP contribution in [0.1, 0.15) is 76.3 Å². The summed E-state index contributed by atoms with van der Waals surface area (Å²) in [6.45, 7) is 12.5. The van der Waals surface area contributed by atoms with Crippen LogP contribution >= 0.6 is 11.3 Å². The van der Waals surface area contributed by atoms with Crippen molar-refractivity contribution in [1.82, 2.24) is 25.0 Å². The number of esters is 1. The number of Topliss-reactive ketones (excluding diaryl/α,β-unsaturated/α-hetero) is 1. The highest BCUT2D eigenvalue weighted by Crippen LogP contribution is 2.61. The molecule has 4 aliphatic rings. The summed E-state index contributed by atoms with van der Waals surface area (Å²) >= 11 is 1.54. The number of benzene rings is 1. The number of thiazole rings is 1. The number of ether oxygens (including phenoxy) is 3. The number of carbonyl (C=O) groups is 3. The Hall–Kier alpha value is -3.97. The Balaban J connectivity index is 1.24. The molecule has 2 aliphatic heterocycles. The van der Waals surface area contributed by atoms with Gasteiger partial charge in [-0.25, -0.2) is 10.4 Å². The van der Waals surface area contributed by atoms with Crippen LogP contribution in [0.5, 0.6) is 0 Å². The van der Waals surface area contributed by atoms with Crippen molar-refractivity contribution in [2.24, 2.45) is 34.5 Å². The molecule has 1 unspecified atom stereocenters. The summed E-state index contributed by atoms with van der Waals surface area (Å²) in [6, 6.07) is 9.97. The number of cyclic esters (lactones) is 1. The minimum atomic E-state index is -0.913. The van der Waals surface area contributed by atoms with Gasteiger partial charge >= 0.3 is 5.97 Å². The Labute approximate surface area is 327 Å². The molecule has 0 radical (unpaired) electrons. The maximum Gasteiger partial charge on any atom is 0.324 e. The number of carbonyl (C=O) groups excluding carboxylic acids is 3. The predicted octanol–water partition coefficient (Wildman–Crippen LogP) is 6.82. The van der Waals surface area contributed by atoms with E-state index in [0.717, 1.165) is 56.2 Å². The first-order valence-electron chi connectivity index (χ1n) is 19.8. The Bertz CT molecular complexity index is 2140. The van der Waals surface area contributed by atoms with Crippen molar-refractivity contribution in [3.05, 3.63) is 58.2 Å². The van der Waals surface area contributed by atoms with Gasteiger partial charge in [0.1, 0.15) is 11.8 Å². The lowest BCUT2D eigenvalue weighted by atomic mass is 9.84. The highest BCUT2D eigenvalue weighted by molar-refractivity contribution is 7.10. The van der Waals surface area contributed by atoms with Gasteiger partial charge in [0.15, 0.2) is 0 Å². The van der Waals surface area contributed by atoms with Gasteiger partial charge in [0, 0.05) is 91.2 Å². The third-order valence-electron chi connectivity index (χ3n) is 12.7. The number of methoxy groups -OCH3 is 2. The van der Waals surface area contributed by atoms with E-state index < -0.39 is 22.8 Å². The van der Waals surface area contributed by atoms with Gasteiger partial charge in [0.2, 0.25) is 5.91 Å². The molecule has 2 aliphatic carbocycles. The highest BCUT2D eigenvalue weighted by atomic mass is 32.1. The molecular weight excluding hydrogens is 715 g/mol. The molecule has 1 amide bonds. The van der Waals surface area contributed by atoms with E-state index in [0.29, 0.717) is 45.3 Å². The minimum absolute atomic E-state index is 0.0980. The number of hydrazine groups is 1. The van der Waals surface area contributed by atoms with Crippen molar-refractivity contribution in [2.75, 3.05) is 34.0 Å². The zero-order valence-electron chi connectivity index (χ0n) is 33.0. The molecular formula is C43H53N5O6S. The SMILES string of the molecule is CCn1c(-c2cccnc2[C@H](C)OC)c2c3cc(ccc31)-c1csc(n1)CC1(C[C@@H]1C(=O)[C@@H]1[C@@H](C)[C@H]1COC)C(=O)N1CCC[C@H](N1)C(=O)OCC(C)(C)C2. The van der Waals surface area contributed by atoms with E-state index in [9.17, 15) is 14.4 Å². The van der Waals surface area contributed by atoms with Crippen molar-refractivity contribution < 1.29 is 28.6 Å². The topological polar surface area (TPSA) is 125 Å². The van der Waals surface area contributed by atoms with E-state index >= 15 is 0 Å². The third kappa shape index (κ3) is 6.72. The van der Waals surface area contributed by atoms with Gasteiger partial charge in [-0.3, -0.25) is 24.4 Å². The Kier molecular flexibility index (Phi) is 10.0. The first kappa shape index (κ1) is 37.9. The van der Waals surface area contributed by atoms with Crippen molar-refractivity contribution in [2.45, 2.75) is 85.4 Å². The second kappa shape index (κ2) is 14.5. The molecule has 3 fully saturated rings. The molecule has 11 nitrogen and oxygen atoms in total. The van der Waals surface area contributed by atoms with Crippen LogP contribution in [0.4, 0.5) is 0 Å². The van der Waals surface area contributed by atoms with Crippen LogP contribution in [0.25, 0.3) is 33.4 Å². The predicted molar refractivity (Wildman–Crippen MR) is 211 cm³/mol. The molecule has 5 heterocycles. The van der Waals surface area contributed by atoms with E-state index in [2.05, 4.69) is 67.3 Å². The maximum atomic E-state index is 14.6. The van der Waals surface area contributed by atoms with Gasteiger partial charge in [-0.05, 0) is 81.2 Å². The summed E-state index contributed by atoms with van der Waals surface area (Å²) in [5.41, 5.74) is 8.94. The maximum absolute atomic E-state index is 14.6. The average Bonchev–Trinajstić information content (AvgIpc) is 3.95. The number of pyridine rings is 1. The fourth-order valence-corrected chi connectivity index (χ4v) is 10.3. The summed E-state index contributed by atoms with van der Waals surface area (Å²) in [4.78, 5) is 52.4. The zero-order valence-corrected chi connectivity index (χ0v) is 33.8. The number of amides is 1. The lowest BCUT2D eigenvalue weighted by molar-refractivity contribution is -0.156. The van der Waals surface area contributed by atoms with Crippen LogP contribution in [0.2, 0.25) is 0 Å². The quantitative estimate of drug-likeness (QED) is 0.192. The molecule has 2 saturated carbocycles. The Morgan fingerprint density at radius 2 is 2.00 bits per heavy atom. The number of aryl methyl sites for hydroxylation is 1. The lowest BCUT2D eigenvalue weighted by Crippen LogP contribution is -2.57. The molecule has 7 atom stereocenters. The Morgan fingerprint density at radius 1 is 1.18 bits per heavy atom. The van der Waals surface area contributed by atoms with Gasteiger partial charge in [0.05, 0.1) is 40.2 Å². The zero-order chi connectivity index (χ0) is 38.8. The lowest BCUT2D eigenvalue weighted by Gasteiger charge is -2.36. The highest BCUT2D eigenvalue weighted by Gasteiger charge is 2.68. The van der Waals surface area contributed by atoms with Crippen LogP contribution in [-0.4, -0.2) is 77.2 Å². The van der Waals surface area contributed by atoms with E-state index in [1.165, 1.54) is 11.3 Å². The van der Waals surface area contributed by atoms with Gasteiger partial charge in [-0.1, -0.05) is 26.8 Å². The van der Waals surface area contributed by atoms with Crippen molar-refractivity contribution in [1.29, 1.82) is 0 Å². The molecule has 12 heteroatoms. The summed E-state index contributed by atoms with van der Waals surface area (Å²) in [6.07, 6.45) is 4.28. The average molecular weight is 768 g/mol. The number of rotatable bonds is 8. The standard InChI is InChI=1S/C43H53N5O6S/c1-8-47-34-14-13-26-17-28(34)29(38(47)27-11-9-15-44-37(27)25(3)53-7)18-42(4,5)23-54-40(50)32-12-10-16-48(46-32)41(51)43(20-35-45-33(26)22-55-35)19-31(43)39(49)36-24(2)30(36)21-52-6/h9,11,13-15,17,22,24-25,30-32,36,46H,8,10,12,16,18-21,23H2,1-7H3/t24-,25-,30+,31+,32-,36+,43?/m0/s1. The number of ketones is 1. The monoisotopic (exact) mass is 767 g/mol. The molecule has 1 saturated heterocycles. The van der Waals surface area contributed by atoms with E-state index in [4.69, 9.17) is 24.2 Å². The molecule has 292 valence electrons. The van der Waals surface area contributed by atoms with E-state index in [1.54, 1.807) is 19.2 Å². The molecule has 1 spiro atoms. The summed E-state index contributed by atoms with van der Waals surface area (Å²) < 4.78 is 19.7. The normalized spacial score (nSPS) is 28.2. The van der Waals surface area contributed by atoms with Crippen LogP contribution < -0.4 is 5.43 Å². The van der Waals surface area contributed by atoms with Gasteiger partial charge in [0.25, 0.3) is 0 Å². The number of aromatic nitrogens is 3. The minimum Gasteiger partial charge on any atom is -0.464 e. The number of fused-ring (bicyclic) bond motifs is 6. The number of hydrogen-bond donors (Lipinski definition) is 1. The first-order valence-corrected chi connectivity index (χ1v) is 20.6. The fraction of sp³-hybridized carbons (Fsp3) is 0.558. The molecule has 6 bridgehead atoms. The number of hydrogen-bond acceptors (Lipinski definition) is 10. The third-order valence-corrected chi connectivity index (χ3v) is 13.6. The number of nitrogens with zero attached hydrogens (tertiary/aromatic N) is 4. The fourth-order valence-electron chi connectivity index (χ4n) is 9.39. The summed E-state index contributed by atoms with van der Waals surface area (Å²) in [5, 5.41) is 5.60. The van der Waals surface area contributed by atoms with E-state index in [1.807, 2.05) is 19.2 Å². The van der Waals surface area contributed by atoms with Crippen LogP contribution in [0, 0.1) is 34.5 Å². The second-order valence-corrected chi connectivity index (χ2v) is 17.9. The molecule has 55 heavy (non-hydrogen) atoms. The summed E-state index contributed by atoms with van der Waals surface area (Å²) in [5.74, 6) is -0.421. The van der Waals surface area contributed by atoms with Crippen molar-refractivity contribution >= 4 is 39.9 Å². The number of nitrogens with one attached hydrogen (secondary N) is 1. The molecule has 1 aromatic carbocycles. The van der Waals surface area contributed by atoms with E-state index in [-0.39, 0.29) is 48.1 Å². The smallest absolute Gasteiger partial charge is 0.324 e. The van der Waals surface area contributed by atoms with Crippen molar-refractivity contribution in [3.8, 4) is 22.5 Å². The van der Waals surface area contributed by atoms with Crippen molar-refractivity contribution in [3.63, 3.8) is 0 Å². The largest absolute Gasteiger partial charge is 0.464 e. The van der Waals surface area contributed by atoms with Gasteiger partial charge < -0.3 is 18.8 Å². The molecule has 1 N–H and O–H groups in total. The molecule has 3 aromatic heterocycles. The van der Waals surface area contributed by atoms with Crippen LogP contribution in [0.15, 0.2) is 41.9 Å². The molecule has 8 rings (SSSR count). The Morgan fingerprint density at radius 3 is 2.76 bits per heavy atom.